The first-order valence-electron chi connectivity index (χ1n) is 7.86. The van der Waals surface area contributed by atoms with Crippen molar-refractivity contribution in [3.63, 3.8) is 0 Å². The number of aromatic amines is 2. The van der Waals surface area contributed by atoms with Crippen molar-refractivity contribution in [2.45, 2.75) is 6.61 Å². The lowest BCUT2D eigenvalue weighted by molar-refractivity contribution is 0.300. The second kappa shape index (κ2) is 6.92. The average molecular weight is 332 g/mol. The Morgan fingerprint density at radius 2 is 1.52 bits per heavy atom. The Labute approximate surface area is 144 Å². The van der Waals surface area contributed by atoms with Crippen molar-refractivity contribution >= 4 is 0 Å². The molecule has 2 N–H and O–H groups in total. The van der Waals surface area contributed by atoms with Crippen LogP contribution in [0.4, 0.5) is 0 Å². The fraction of sp³-hybridized carbons (Fsp3) is 0.0526. The second-order valence-corrected chi connectivity index (χ2v) is 5.42. The summed E-state index contributed by atoms with van der Waals surface area (Å²) in [4.78, 5) is 0. The summed E-state index contributed by atoms with van der Waals surface area (Å²) in [5.41, 5.74) is 2.90. The molecule has 2 heterocycles. The first-order chi connectivity index (χ1) is 12.4. The van der Waals surface area contributed by atoms with E-state index >= 15 is 0 Å². The molecule has 0 unspecified atom stereocenters. The minimum Gasteiger partial charge on any atom is -0.487 e. The zero-order chi connectivity index (χ0) is 16.9. The van der Waals surface area contributed by atoms with Gasteiger partial charge in [-0.25, -0.2) is 0 Å². The first kappa shape index (κ1) is 15.0. The average Bonchev–Trinajstić information content (AvgIpc) is 3.36. The topological polar surface area (TPSA) is 75.8 Å². The zero-order valence-corrected chi connectivity index (χ0v) is 13.3. The van der Waals surface area contributed by atoms with E-state index in [1.54, 1.807) is 12.4 Å². The number of ether oxygens (including phenoxy) is 2. The number of benzene rings is 2. The van der Waals surface area contributed by atoms with Gasteiger partial charge in [0.15, 0.2) is 0 Å². The van der Waals surface area contributed by atoms with Gasteiger partial charge in [-0.3, -0.25) is 10.2 Å². The van der Waals surface area contributed by atoms with Crippen molar-refractivity contribution in [2.75, 3.05) is 0 Å². The Hall–Kier alpha value is -3.54. The molecule has 2 aromatic heterocycles. The third-order valence-electron chi connectivity index (χ3n) is 3.67. The lowest BCUT2D eigenvalue weighted by atomic mass is 10.1. The van der Waals surface area contributed by atoms with Gasteiger partial charge in [0.05, 0.1) is 11.4 Å². The van der Waals surface area contributed by atoms with E-state index in [0.29, 0.717) is 6.61 Å². The Morgan fingerprint density at radius 1 is 0.800 bits per heavy atom. The molecule has 0 aliphatic heterocycles. The maximum atomic E-state index is 5.86. The highest BCUT2D eigenvalue weighted by atomic mass is 16.5. The van der Waals surface area contributed by atoms with Crippen LogP contribution in [0.3, 0.4) is 0 Å². The summed E-state index contributed by atoms with van der Waals surface area (Å²) in [5.74, 6) is 2.29. The third kappa shape index (κ3) is 3.69. The van der Waals surface area contributed by atoms with Crippen LogP contribution >= 0.6 is 0 Å². The number of nitrogens with zero attached hydrogens (tertiary/aromatic N) is 2. The second-order valence-electron chi connectivity index (χ2n) is 5.42. The number of hydrogen-bond donors (Lipinski definition) is 2. The van der Waals surface area contributed by atoms with Gasteiger partial charge < -0.3 is 9.47 Å². The number of rotatable bonds is 6. The highest BCUT2D eigenvalue weighted by Crippen LogP contribution is 2.26. The third-order valence-corrected chi connectivity index (χ3v) is 3.67. The van der Waals surface area contributed by atoms with E-state index in [2.05, 4.69) is 20.4 Å². The minimum atomic E-state index is 0.429. The Kier molecular flexibility index (Phi) is 4.16. The summed E-state index contributed by atoms with van der Waals surface area (Å²) in [6.07, 6.45) is 3.50. The van der Waals surface area contributed by atoms with Gasteiger partial charge in [0.2, 0.25) is 0 Å². The van der Waals surface area contributed by atoms with E-state index in [4.69, 9.17) is 9.47 Å². The van der Waals surface area contributed by atoms with Crippen LogP contribution in [0.25, 0.3) is 11.3 Å². The highest BCUT2D eigenvalue weighted by molar-refractivity contribution is 5.59. The van der Waals surface area contributed by atoms with Crippen LogP contribution in [0.15, 0.2) is 73.1 Å². The Balaban J connectivity index is 1.37. The zero-order valence-electron chi connectivity index (χ0n) is 13.3. The van der Waals surface area contributed by atoms with Crippen LogP contribution in [0, 0.1) is 0 Å². The van der Waals surface area contributed by atoms with E-state index in [-0.39, 0.29) is 0 Å². The molecular weight excluding hydrogens is 316 g/mol. The Bertz CT molecular complexity index is 899. The van der Waals surface area contributed by atoms with Crippen molar-refractivity contribution in [2.24, 2.45) is 0 Å². The summed E-state index contributed by atoms with van der Waals surface area (Å²) < 4.78 is 11.5. The lowest BCUT2D eigenvalue weighted by Gasteiger charge is -2.08. The van der Waals surface area contributed by atoms with Crippen LogP contribution in [-0.2, 0) is 6.61 Å². The van der Waals surface area contributed by atoms with Crippen molar-refractivity contribution in [3.8, 4) is 28.5 Å². The van der Waals surface area contributed by atoms with E-state index < -0.39 is 0 Å². The van der Waals surface area contributed by atoms with E-state index in [1.807, 2.05) is 60.7 Å². The molecule has 25 heavy (non-hydrogen) atoms. The summed E-state index contributed by atoms with van der Waals surface area (Å²) >= 11 is 0. The minimum absolute atomic E-state index is 0.429. The number of hydrogen-bond acceptors (Lipinski definition) is 4. The van der Waals surface area contributed by atoms with Gasteiger partial charge in [0.25, 0.3) is 0 Å². The van der Waals surface area contributed by atoms with E-state index in [9.17, 15) is 0 Å². The van der Waals surface area contributed by atoms with Crippen LogP contribution in [0.1, 0.15) is 5.69 Å². The maximum Gasteiger partial charge on any atom is 0.132 e. The quantitative estimate of drug-likeness (QED) is 0.555. The fourth-order valence-corrected chi connectivity index (χ4v) is 2.39. The Morgan fingerprint density at radius 3 is 2.16 bits per heavy atom. The molecule has 4 aromatic rings. The molecule has 0 atom stereocenters. The first-order valence-corrected chi connectivity index (χ1v) is 7.86. The molecule has 0 fully saturated rings. The smallest absolute Gasteiger partial charge is 0.132 e. The molecule has 0 bridgehead atoms. The summed E-state index contributed by atoms with van der Waals surface area (Å²) in [5, 5.41) is 13.7. The molecule has 0 saturated carbocycles. The normalized spacial score (nSPS) is 10.6. The van der Waals surface area contributed by atoms with E-state index in [0.717, 1.165) is 34.2 Å². The highest BCUT2D eigenvalue weighted by Gasteiger charge is 2.02. The number of nitrogens with one attached hydrogen (secondary N) is 2. The summed E-state index contributed by atoms with van der Waals surface area (Å²) in [6.45, 7) is 0.429. The molecule has 2 aromatic carbocycles. The number of H-pyrrole nitrogens is 2. The lowest BCUT2D eigenvalue weighted by Crippen LogP contribution is -1.95. The standard InChI is InChI=1S/C19H16N4O2/c1-3-17(4-2-14(1)19-10-12-21-23-19)25-18-7-5-16(6-8-18)24-13-15-9-11-20-22-15/h1-12H,13H2,(H,20,22)(H,21,23). The molecule has 0 saturated heterocycles. The van der Waals surface area contributed by atoms with Crippen LogP contribution in [-0.4, -0.2) is 20.4 Å². The van der Waals surface area contributed by atoms with Crippen molar-refractivity contribution < 1.29 is 9.47 Å². The predicted octanol–water partition coefficient (Wildman–Crippen LogP) is 4.17. The van der Waals surface area contributed by atoms with Crippen LogP contribution < -0.4 is 9.47 Å². The van der Waals surface area contributed by atoms with Gasteiger partial charge >= 0.3 is 0 Å². The molecule has 0 radical (unpaired) electrons. The largest absolute Gasteiger partial charge is 0.487 e. The maximum absolute atomic E-state index is 5.86. The monoisotopic (exact) mass is 332 g/mol. The van der Waals surface area contributed by atoms with Gasteiger partial charge in [0.1, 0.15) is 23.9 Å². The molecule has 6 nitrogen and oxygen atoms in total. The van der Waals surface area contributed by atoms with Gasteiger partial charge in [-0.15, -0.1) is 0 Å². The van der Waals surface area contributed by atoms with Crippen LogP contribution in [0.5, 0.6) is 17.2 Å². The molecule has 0 amide bonds. The number of aromatic nitrogens is 4. The summed E-state index contributed by atoms with van der Waals surface area (Å²) in [6, 6.07) is 19.2. The van der Waals surface area contributed by atoms with Crippen molar-refractivity contribution in [1.29, 1.82) is 0 Å². The molecule has 6 heteroatoms. The van der Waals surface area contributed by atoms with Gasteiger partial charge in [-0.1, -0.05) is 0 Å². The van der Waals surface area contributed by atoms with E-state index in [1.165, 1.54) is 0 Å². The SMILES string of the molecule is c1cc(-c2ccc(Oc3ccc(OCc4cc[nH]n4)cc3)cc2)[nH]n1. The van der Waals surface area contributed by atoms with Crippen LogP contribution in [0.2, 0.25) is 0 Å². The van der Waals surface area contributed by atoms with Crippen molar-refractivity contribution in [3.05, 3.63) is 78.8 Å². The van der Waals surface area contributed by atoms with Gasteiger partial charge in [0, 0.05) is 12.4 Å². The molecule has 4 rings (SSSR count). The molecular formula is C19H16N4O2. The fourth-order valence-electron chi connectivity index (χ4n) is 2.39. The molecule has 0 aliphatic rings. The molecule has 0 spiro atoms. The predicted molar refractivity (Wildman–Crippen MR) is 93.5 cm³/mol. The van der Waals surface area contributed by atoms with Gasteiger partial charge in [-0.2, -0.15) is 10.2 Å². The molecule has 0 aliphatic carbocycles. The summed E-state index contributed by atoms with van der Waals surface area (Å²) in [7, 11) is 0. The van der Waals surface area contributed by atoms with Crippen molar-refractivity contribution in [1.82, 2.24) is 20.4 Å². The molecule has 124 valence electrons. The van der Waals surface area contributed by atoms with Gasteiger partial charge in [-0.05, 0) is 66.2 Å².